The Labute approximate surface area is 184 Å². The summed E-state index contributed by atoms with van der Waals surface area (Å²) in [7, 11) is 1.16. The van der Waals surface area contributed by atoms with Crippen LogP contribution in [0.15, 0.2) is 46.8 Å². The van der Waals surface area contributed by atoms with Gasteiger partial charge >= 0.3 is 24.5 Å². The quantitative estimate of drug-likeness (QED) is 0.448. The number of ether oxygens (including phenoxy) is 4. The molecule has 1 heterocycles. The van der Waals surface area contributed by atoms with Crippen LogP contribution < -0.4 is 10.1 Å². The molecule has 1 aliphatic rings. The second-order valence-corrected chi connectivity index (χ2v) is 6.86. The minimum Gasteiger partial charge on any atom is -0.466 e. The first-order valence-corrected chi connectivity index (χ1v) is 9.84. The Balaban J connectivity index is 2.49. The van der Waals surface area contributed by atoms with Gasteiger partial charge in [0.2, 0.25) is 6.79 Å². The third-order valence-electron chi connectivity index (χ3n) is 4.70. The maximum absolute atomic E-state index is 13.0. The Morgan fingerprint density at radius 3 is 2.25 bits per heavy atom. The molecule has 0 aliphatic carbocycles. The van der Waals surface area contributed by atoms with Gasteiger partial charge in [0.15, 0.2) is 0 Å². The van der Waals surface area contributed by atoms with Crippen molar-refractivity contribution in [2.45, 2.75) is 46.1 Å². The van der Waals surface area contributed by atoms with Crippen LogP contribution in [-0.2, 0) is 28.6 Å². The standard InChI is InChI=1S/C22H25F2NO7/c1-5-8-16(26)30-11-31-21(28)18-13(3)25-12(2)17(20(27)29-4)19(18)14-9-6-7-10-15(14)32-22(23)24/h6-7,9-10,19,22,25H,5,8,11H2,1-4H3. The summed E-state index contributed by atoms with van der Waals surface area (Å²) < 4.78 is 45.5. The summed E-state index contributed by atoms with van der Waals surface area (Å²) in [5, 5.41) is 2.92. The number of carbonyl (C=O) groups is 3. The fourth-order valence-electron chi connectivity index (χ4n) is 3.38. The molecule has 0 bridgehead atoms. The fraction of sp³-hybridized carbons (Fsp3) is 0.409. The molecular formula is C22H25F2NO7. The van der Waals surface area contributed by atoms with Crippen molar-refractivity contribution < 1.29 is 42.1 Å². The normalized spacial score (nSPS) is 15.9. The van der Waals surface area contributed by atoms with E-state index < -0.39 is 37.2 Å². The van der Waals surface area contributed by atoms with E-state index in [1.165, 1.54) is 18.2 Å². The molecule has 2 rings (SSSR count). The van der Waals surface area contributed by atoms with Crippen LogP contribution in [0.2, 0.25) is 0 Å². The van der Waals surface area contributed by atoms with Crippen molar-refractivity contribution in [2.75, 3.05) is 13.9 Å². The van der Waals surface area contributed by atoms with Crippen LogP contribution in [0.5, 0.6) is 5.75 Å². The van der Waals surface area contributed by atoms with Crippen LogP contribution in [0.4, 0.5) is 8.78 Å². The van der Waals surface area contributed by atoms with E-state index in [-0.39, 0.29) is 28.9 Å². The zero-order valence-corrected chi connectivity index (χ0v) is 18.2. The summed E-state index contributed by atoms with van der Waals surface area (Å²) in [6.07, 6.45) is 0.729. The van der Waals surface area contributed by atoms with Crippen molar-refractivity contribution in [1.82, 2.24) is 5.32 Å². The zero-order valence-electron chi connectivity index (χ0n) is 18.2. The molecule has 0 saturated carbocycles. The van der Waals surface area contributed by atoms with Crippen molar-refractivity contribution in [3.05, 3.63) is 52.4 Å². The van der Waals surface area contributed by atoms with Gasteiger partial charge in [0, 0.05) is 23.4 Å². The molecule has 0 amide bonds. The smallest absolute Gasteiger partial charge is 0.387 e. The number of dihydropyridines is 1. The molecule has 0 fully saturated rings. The van der Waals surface area contributed by atoms with Crippen molar-refractivity contribution >= 4 is 17.9 Å². The summed E-state index contributed by atoms with van der Waals surface area (Å²) in [4.78, 5) is 37.1. The summed E-state index contributed by atoms with van der Waals surface area (Å²) >= 11 is 0. The number of esters is 3. The highest BCUT2D eigenvalue weighted by molar-refractivity contribution is 6.00. The molecule has 1 aliphatic heterocycles. The molecule has 0 aromatic heterocycles. The van der Waals surface area contributed by atoms with Crippen molar-refractivity contribution in [1.29, 1.82) is 0 Å². The SMILES string of the molecule is CCCC(=O)OCOC(=O)C1=C(C)NC(C)=C(C(=O)OC)C1c1ccccc1OC(F)F. The van der Waals surface area contributed by atoms with Crippen molar-refractivity contribution in [3.8, 4) is 5.75 Å². The Morgan fingerprint density at radius 2 is 1.66 bits per heavy atom. The summed E-state index contributed by atoms with van der Waals surface area (Å²) in [5.74, 6) is -3.54. The second-order valence-electron chi connectivity index (χ2n) is 6.86. The van der Waals surface area contributed by atoms with Crippen LogP contribution in [0.1, 0.15) is 45.1 Å². The van der Waals surface area contributed by atoms with E-state index in [1.807, 2.05) is 0 Å². The lowest BCUT2D eigenvalue weighted by Gasteiger charge is -2.31. The van der Waals surface area contributed by atoms with E-state index in [0.29, 0.717) is 17.8 Å². The molecule has 174 valence electrons. The molecule has 1 N–H and O–H groups in total. The van der Waals surface area contributed by atoms with E-state index in [0.717, 1.165) is 7.11 Å². The highest BCUT2D eigenvalue weighted by atomic mass is 19.3. The van der Waals surface area contributed by atoms with Gasteiger partial charge in [0.05, 0.1) is 24.2 Å². The van der Waals surface area contributed by atoms with Gasteiger partial charge in [-0.25, -0.2) is 9.59 Å². The number of hydrogen-bond donors (Lipinski definition) is 1. The van der Waals surface area contributed by atoms with Crippen LogP contribution in [0.25, 0.3) is 0 Å². The average molecular weight is 453 g/mol. The van der Waals surface area contributed by atoms with Crippen LogP contribution >= 0.6 is 0 Å². The van der Waals surface area contributed by atoms with E-state index in [9.17, 15) is 23.2 Å². The topological polar surface area (TPSA) is 100 Å². The number of benzene rings is 1. The number of alkyl halides is 2. The average Bonchev–Trinajstić information content (AvgIpc) is 2.72. The molecule has 1 atom stereocenters. The van der Waals surface area contributed by atoms with E-state index >= 15 is 0 Å². The number of hydrogen-bond acceptors (Lipinski definition) is 8. The number of halogens is 2. The summed E-state index contributed by atoms with van der Waals surface area (Å²) in [6, 6.07) is 5.81. The minimum absolute atomic E-state index is 0.0262. The largest absolute Gasteiger partial charge is 0.466 e. The second kappa shape index (κ2) is 11.3. The molecular weight excluding hydrogens is 428 g/mol. The third kappa shape index (κ3) is 5.83. The number of methoxy groups -OCH3 is 1. The number of rotatable bonds is 9. The maximum atomic E-state index is 13.0. The molecule has 1 aromatic carbocycles. The predicted octanol–water partition coefficient (Wildman–Crippen LogP) is 3.54. The lowest BCUT2D eigenvalue weighted by Crippen LogP contribution is -2.33. The monoisotopic (exact) mass is 453 g/mol. The van der Waals surface area contributed by atoms with Crippen LogP contribution in [0.3, 0.4) is 0 Å². The maximum Gasteiger partial charge on any atom is 0.387 e. The van der Waals surface area contributed by atoms with Crippen LogP contribution in [0, 0.1) is 0 Å². The predicted molar refractivity (Wildman–Crippen MR) is 108 cm³/mol. The summed E-state index contributed by atoms with van der Waals surface area (Å²) in [6.45, 7) is 1.20. The fourth-order valence-corrected chi connectivity index (χ4v) is 3.38. The lowest BCUT2D eigenvalue weighted by molar-refractivity contribution is -0.164. The van der Waals surface area contributed by atoms with Gasteiger partial charge in [-0.15, -0.1) is 0 Å². The molecule has 1 aromatic rings. The Kier molecular flexibility index (Phi) is 8.74. The molecule has 32 heavy (non-hydrogen) atoms. The first kappa shape index (κ1) is 24.8. The Bertz CT molecular complexity index is 940. The highest BCUT2D eigenvalue weighted by Crippen LogP contribution is 2.43. The lowest BCUT2D eigenvalue weighted by atomic mass is 9.80. The molecule has 0 radical (unpaired) electrons. The number of allylic oxidation sites excluding steroid dienone is 2. The Morgan fingerprint density at radius 1 is 1.03 bits per heavy atom. The highest BCUT2D eigenvalue weighted by Gasteiger charge is 2.39. The van der Waals surface area contributed by atoms with Crippen molar-refractivity contribution in [2.24, 2.45) is 0 Å². The van der Waals surface area contributed by atoms with E-state index in [4.69, 9.17) is 14.2 Å². The number of nitrogens with one attached hydrogen (secondary N) is 1. The summed E-state index contributed by atoms with van der Waals surface area (Å²) in [5.41, 5.74) is 0.837. The molecule has 0 spiro atoms. The van der Waals surface area contributed by atoms with Gasteiger partial charge in [-0.1, -0.05) is 25.1 Å². The first-order chi connectivity index (χ1) is 15.2. The van der Waals surface area contributed by atoms with E-state index in [2.05, 4.69) is 10.1 Å². The third-order valence-corrected chi connectivity index (χ3v) is 4.70. The molecule has 8 nitrogen and oxygen atoms in total. The van der Waals surface area contributed by atoms with Crippen molar-refractivity contribution in [3.63, 3.8) is 0 Å². The number of carbonyl (C=O) groups excluding carboxylic acids is 3. The van der Waals surface area contributed by atoms with Gasteiger partial charge in [-0.3, -0.25) is 4.79 Å². The first-order valence-electron chi connectivity index (χ1n) is 9.84. The molecule has 1 unspecified atom stereocenters. The molecule has 10 heteroatoms. The van der Waals surface area contributed by atoms with Gasteiger partial charge in [-0.2, -0.15) is 8.78 Å². The Hall–Kier alpha value is -3.43. The zero-order chi connectivity index (χ0) is 23.8. The van der Waals surface area contributed by atoms with Gasteiger partial charge < -0.3 is 24.3 Å². The molecule has 0 saturated heterocycles. The minimum atomic E-state index is -3.12. The number of para-hydroxylation sites is 1. The van der Waals surface area contributed by atoms with E-state index in [1.54, 1.807) is 26.8 Å². The van der Waals surface area contributed by atoms with Gasteiger partial charge in [0.25, 0.3) is 0 Å². The van der Waals surface area contributed by atoms with Gasteiger partial charge in [0.1, 0.15) is 5.75 Å². The van der Waals surface area contributed by atoms with Crippen LogP contribution in [-0.4, -0.2) is 38.4 Å². The van der Waals surface area contributed by atoms with Gasteiger partial charge in [-0.05, 0) is 26.3 Å².